The first-order valence-corrected chi connectivity index (χ1v) is 10.3. The highest BCUT2D eigenvalue weighted by molar-refractivity contribution is 6.01. The first-order chi connectivity index (χ1) is 15.1. The standard InChI is InChI=1S/C23H27N3O5/c1-29-11-9-24-21(27)14-26-18-7-5-4-6-16(18)22-17-13-20(31-3)19(30-2)12-15(17)8-10-25(22)23(26)28/h4-7,12-13,22H,8-11,14H2,1-3H3,(H,24,27). The van der Waals surface area contributed by atoms with Crippen LogP contribution in [0.1, 0.15) is 22.7 Å². The van der Waals surface area contributed by atoms with E-state index < -0.39 is 0 Å². The molecule has 0 spiro atoms. The molecule has 2 aromatic carbocycles. The highest BCUT2D eigenvalue weighted by Gasteiger charge is 2.42. The Balaban J connectivity index is 1.72. The van der Waals surface area contributed by atoms with Crippen molar-refractivity contribution in [1.82, 2.24) is 10.2 Å². The molecule has 4 rings (SSSR count). The largest absolute Gasteiger partial charge is 0.493 e. The van der Waals surface area contributed by atoms with Crippen molar-refractivity contribution in [3.05, 3.63) is 53.1 Å². The number of ether oxygens (including phenoxy) is 3. The SMILES string of the molecule is COCCNC(=O)CN1C(=O)N2CCc3cc(OC)c(OC)cc3C2c2ccccc21. The van der Waals surface area contributed by atoms with E-state index in [0.717, 1.165) is 22.4 Å². The zero-order chi connectivity index (χ0) is 22.0. The molecule has 2 aliphatic rings. The lowest BCUT2D eigenvalue weighted by Crippen LogP contribution is -2.54. The number of methoxy groups -OCH3 is 3. The Kier molecular flexibility index (Phi) is 5.99. The zero-order valence-corrected chi connectivity index (χ0v) is 18.0. The molecule has 0 radical (unpaired) electrons. The summed E-state index contributed by atoms with van der Waals surface area (Å²) in [4.78, 5) is 29.3. The summed E-state index contributed by atoms with van der Waals surface area (Å²) >= 11 is 0. The van der Waals surface area contributed by atoms with E-state index in [1.165, 1.54) is 0 Å². The van der Waals surface area contributed by atoms with E-state index in [0.29, 0.717) is 37.6 Å². The van der Waals surface area contributed by atoms with Gasteiger partial charge in [-0.15, -0.1) is 0 Å². The summed E-state index contributed by atoms with van der Waals surface area (Å²) < 4.78 is 16.0. The molecule has 0 saturated carbocycles. The lowest BCUT2D eigenvalue weighted by Gasteiger charge is -2.45. The number of carbonyl (C=O) groups excluding carboxylic acids is 2. The third-order valence-corrected chi connectivity index (χ3v) is 5.80. The summed E-state index contributed by atoms with van der Waals surface area (Å²) in [6, 6.07) is 11.3. The molecule has 3 amide bonds. The summed E-state index contributed by atoms with van der Waals surface area (Å²) in [5.41, 5.74) is 3.89. The van der Waals surface area contributed by atoms with Gasteiger partial charge in [0.2, 0.25) is 5.91 Å². The van der Waals surface area contributed by atoms with E-state index in [1.54, 1.807) is 26.2 Å². The van der Waals surface area contributed by atoms with Gasteiger partial charge in [-0.3, -0.25) is 9.69 Å². The van der Waals surface area contributed by atoms with Crippen molar-refractivity contribution >= 4 is 17.6 Å². The second kappa shape index (κ2) is 8.85. The third kappa shape index (κ3) is 3.79. The van der Waals surface area contributed by atoms with Gasteiger partial charge in [-0.05, 0) is 35.7 Å². The van der Waals surface area contributed by atoms with Gasteiger partial charge in [-0.25, -0.2) is 4.79 Å². The minimum atomic E-state index is -0.236. The summed E-state index contributed by atoms with van der Waals surface area (Å²) in [6.45, 7) is 1.34. The lowest BCUT2D eigenvalue weighted by molar-refractivity contribution is -0.119. The maximum absolute atomic E-state index is 13.5. The fraction of sp³-hybridized carbons (Fsp3) is 0.391. The summed E-state index contributed by atoms with van der Waals surface area (Å²) in [6.07, 6.45) is 0.702. The van der Waals surface area contributed by atoms with Gasteiger partial charge in [0.15, 0.2) is 11.5 Å². The number of amides is 3. The van der Waals surface area contributed by atoms with Crippen LogP contribution in [0.15, 0.2) is 36.4 Å². The molecule has 0 aromatic heterocycles. The fourth-order valence-electron chi connectivity index (χ4n) is 4.35. The Morgan fingerprint density at radius 2 is 1.84 bits per heavy atom. The molecule has 2 aromatic rings. The molecule has 8 nitrogen and oxygen atoms in total. The molecule has 0 fully saturated rings. The number of nitrogens with one attached hydrogen (secondary N) is 1. The topological polar surface area (TPSA) is 80.3 Å². The van der Waals surface area contributed by atoms with E-state index in [-0.39, 0.29) is 24.5 Å². The molecule has 1 unspecified atom stereocenters. The molecule has 31 heavy (non-hydrogen) atoms. The number of anilines is 1. The second-order valence-electron chi connectivity index (χ2n) is 7.52. The number of benzene rings is 2. The first kappa shape index (κ1) is 21.0. The third-order valence-electron chi connectivity index (χ3n) is 5.80. The smallest absolute Gasteiger partial charge is 0.325 e. The quantitative estimate of drug-likeness (QED) is 0.689. The Bertz CT molecular complexity index is 993. The highest BCUT2D eigenvalue weighted by Crippen LogP contribution is 2.46. The predicted molar refractivity (Wildman–Crippen MR) is 116 cm³/mol. The van der Waals surface area contributed by atoms with E-state index in [9.17, 15) is 9.59 Å². The first-order valence-electron chi connectivity index (χ1n) is 10.3. The van der Waals surface area contributed by atoms with Crippen LogP contribution in [-0.4, -0.2) is 64.4 Å². The van der Waals surface area contributed by atoms with Gasteiger partial charge in [0.25, 0.3) is 0 Å². The number of nitrogens with zero attached hydrogens (tertiary/aromatic N) is 2. The molecule has 2 aliphatic heterocycles. The molecular weight excluding hydrogens is 398 g/mol. The number of urea groups is 1. The van der Waals surface area contributed by atoms with Crippen LogP contribution in [0.5, 0.6) is 11.5 Å². The van der Waals surface area contributed by atoms with Crippen LogP contribution in [0.2, 0.25) is 0 Å². The average Bonchev–Trinajstić information content (AvgIpc) is 2.80. The monoisotopic (exact) mass is 425 g/mol. The van der Waals surface area contributed by atoms with Crippen LogP contribution in [0.4, 0.5) is 10.5 Å². The Labute approximate surface area is 181 Å². The van der Waals surface area contributed by atoms with Gasteiger partial charge in [0, 0.05) is 25.8 Å². The van der Waals surface area contributed by atoms with Crippen LogP contribution in [-0.2, 0) is 16.0 Å². The van der Waals surface area contributed by atoms with E-state index >= 15 is 0 Å². The van der Waals surface area contributed by atoms with Gasteiger partial charge in [0.05, 0.1) is 32.6 Å². The van der Waals surface area contributed by atoms with Crippen molar-refractivity contribution in [3.8, 4) is 11.5 Å². The van der Waals surface area contributed by atoms with Crippen LogP contribution in [0, 0.1) is 0 Å². The lowest BCUT2D eigenvalue weighted by atomic mass is 9.85. The van der Waals surface area contributed by atoms with Crippen LogP contribution < -0.4 is 19.7 Å². The van der Waals surface area contributed by atoms with Crippen molar-refractivity contribution in [2.75, 3.05) is 52.5 Å². The molecule has 2 heterocycles. The molecule has 0 bridgehead atoms. The highest BCUT2D eigenvalue weighted by atomic mass is 16.5. The number of fused-ring (bicyclic) bond motifs is 5. The Morgan fingerprint density at radius 3 is 2.58 bits per heavy atom. The van der Waals surface area contributed by atoms with Crippen molar-refractivity contribution in [1.29, 1.82) is 0 Å². The zero-order valence-electron chi connectivity index (χ0n) is 18.0. The van der Waals surface area contributed by atoms with E-state index in [2.05, 4.69) is 5.32 Å². The van der Waals surface area contributed by atoms with Crippen LogP contribution in [0.25, 0.3) is 0 Å². The molecule has 1 atom stereocenters. The summed E-state index contributed by atoms with van der Waals surface area (Å²) in [7, 11) is 4.80. The van der Waals surface area contributed by atoms with E-state index in [4.69, 9.17) is 14.2 Å². The van der Waals surface area contributed by atoms with Crippen molar-refractivity contribution in [2.45, 2.75) is 12.5 Å². The van der Waals surface area contributed by atoms with Gasteiger partial charge in [0.1, 0.15) is 6.54 Å². The predicted octanol–water partition coefficient (Wildman–Crippen LogP) is 2.35. The molecule has 164 valence electrons. The van der Waals surface area contributed by atoms with Gasteiger partial charge >= 0.3 is 6.03 Å². The second-order valence-corrected chi connectivity index (χ2v) is 7.52. The normalized spacial score (nSPS) is 16.9. The van der Waals surface area contributed by atoms with Crippen molar-refractivity contribution < 1.29 is 23.8 Å². The Hall–Kier alpha value is -3.26. The van der Waals surface area contributed by atoms with Gasteiger partial charge in [-0.2, -0.15) is 0 Å². The van der Waals surface area contributed by atoms with Crippen LogP contribution in [0.3, 0.4) is 0 Å². The minimum absolute atomic E-state index is 0.0401. The number of hydrogen-bond acceptors (Lipinski definition) is 5. The average molecular weight is 425 g/mol. The minimum Gasteiger partial charge on any atom is -0.493 e. The van der Waals surface area contributed by atoms with Gasteiger partial charge in [-0.1, -0.05) is 18.2 Å². The molecule has 8 heteroatoms. The number of hydrogen-bond donors (Lipinski definition) is 1. The van der Waals surface area contributed by atoms with E-state index in [1.807, 2.05) is 41.3 Å². The summed E-state index contributed by atoms with van der Waals surface area (Å²) in [5.74, 6) is 1.09. The molecule has 1 N–H and O–H groups in total. The number of carbonyl (C=O) groups is 2. The fourth-order valence-corrected chi connectivity index (χ4v) is 4.35. The van der Waals surface area contributed by atoms with Crippen molar-refractivity contribution in [3.63, 3.8) is 0 Å². The maximum Gasteiger partial charge on any atom is 0.325 e. The summed E-state index contributed by atoms with van der Waals surface area (Å²) in [5, 5.41) is 2.79. The number of rotatable bonds is 7. The molecular formula is C23H27N3O5. The number of para-hydroxylation sites is 1. The van der Waals surface area contributed by atoms with Crippen LogP contribution >= 0.6 is 0 Å². The molecule has 0 aliphatic carbocycles. The van der Waals surface area contributed by atoms with Gasteiger partial charge < -0.3 is 24.4 Å². The van der Waals surface area contributed by atoms with Crippen molar-refractivity contribution in [2.24, 2.45) is 0 Å². The Morgan fingerprint density at radius 1 is 1.10 bits per heavy atom. The molecule has 0 saturated heterocycles. The maximum atomic E-state index is 13.5.